The molecule has 0 saturated carbocycles. The van der Waals surface area contributed by atoms with Crippen molar-refractivity contribution in [2.45, 2.75) is 26.3 Å². The smallest absolute Gasteiger partial charge is 0.319 e. The van der Waals surface area contributed by atoms with Crippen molar-refractivity contribution < 1.29 is 4.79 Å². The molecule has 0 heterocycles. The molecule has 3 heteroatoms. The van der Waals surface area contributed by atoms with Crippen LogP contribution in [-0.4, -0.2) is 6.03 Å². The second-order valence-corrected chi connectivity index (χ2v) is 7.02. The van der Waals surface area contributed by atoms with Crippen LogP contribution in [0.2, 0.25) is 0 Å². The van der Waals surface area contributed by atoms with E-state index in [1.54, 1.807) is 0 Å². The fourth-order valence-electron chi connectivity index (χ4n) is 2.87. The van der Waals surface area contributed by atoms with Crippen LogP contribution in [0.3, 0.4) is 0 Å². The molecule has 0 aromatic heterocycles. The SMILES string of the molecule is Cc1ccc(NC(=O)NC(C)(C)c2cccc(-c3ccccc3)c2)cc1. The third-order valence-corrected chi connectivity index (χ3v) is 4.43. The lowest BCUT2D eigenvalue weighted by Crippen LogP contribution is -2.43. The summed E-state index contributed by atoms with van der Waals surface area (Å²) in [7, 11) is 0. The van der Waals surface area contributed by atoms with Gasteiger partial charge in [-0.2, -0.15) is 0 Å². The van der Waals surface area contributed by atoms with Gasteiger partial charge < -0.3 is 10.6 Å². The van der Waals surface area contributed by atoms with Crippen molar-refractivity contribution in [1.29, 1.82) is 0 Å². The third-order valence-electron chi connectivity index (χ3n) is 4.43. The molecule has 0 spiro atoms. The first-order valence-electron chi connectivity index (χ1n) is 8.76. The lowest BCUT2D eigenvalue weighted by Gasteiger charge is -2.27. The molecule has 0 atom stereocenters. The Labute approximate surface area is 155 Å². The van der Waals surface area contributed by atoms with E-state index in [4.69, 9.17) is 0 Å². The van der Waals surface area contributed by atoms with Crippen LogP contribution in [0.1, 0.15) is 25.0 Å². The van der Waals surface area contributed by atoms with Gasteiger partial charge in [-0.15, -0.1) is 0 Å². The summed E-state index contributed by atoms with van der Waals surface area (Å²) < 4.78 is 0. The van der Waals surface area contributed by atoms with Crippen molar-refractivity contribution in [1.82, 2.24) is 5.32 Å². The lowest BCUT2D eigenvalue weighted by atomic mass is 9.91. The van der Waals surface area contributed by atoms with Gasteiger partial charge in [-0.05, 0) is 55.7 Å². The number of rotatable bonds is 4. The summed E-state index contributed by atoms with van der Waals surface area (Å²) in [5, 5.41) is 5.96. The van der Waals surface area contributed by atoms with Gasteiger partial charge in [0.05, 0.1) is 5.54 Å². The number of aryl methyl sites for hydroxylation is 1. The van der Waals surface area contributed by atoms with Crippen molar-refractivity contribution in [2.24, 2.45) is 0 Å². The Balaban J connectivity index is 1.75. The Morgan fingerprint density at radius 3 is 2.15 bits per heavy atom. The highest BCUT2D eigenvalue weighted by Crippen LogP contribution is 2.26. The van der Waals surface area contributed by atoms with Gasteiger partial charge >= 0.3 is 6.03 Å². The van der Waals surface area contributed by atoms with E-state index in [0.717, 1.165) is 27.9 Å². The Bertz CT molecular complexity index is 884. The first kappa shape index (κ1) is 17.7. The molecule has 2 N–H and O–H groups in total. The molecule has 0 unspecified atom stereocenters. The highest BCUT2D eigenvalue weighted by molar-refractivity contribution is 5.89. The van der Waals surface area contributed by atoms with E-state index in [1.165, 1.54) is 0 Å². The average Bonchev–Trinajstić information content (AvgIpc) is 2.64. The van der Waals surface area contributed by atoms with Crippen LogP contribution in [0.15, 0.2) is 78.9 Å². The van der Waals surface area contributed by atoms with Crippen molar-refractivity contribution in [3.63, 3.8) is 0 Å². The van der Waals surface area contributed by atoms with E-state index in [2.05, 4.69) is 34.9 Å². The largest absolute Gasteiger partial charge is 0.329 e. The van der Waals surface area contributed by atoms with Gasteiger partial charge in [-0.1, -0.05) is 66.2 Å². The van der Waals surface area contributed by atoms with Crippen LogP contribution in [0.4, 0.5) is 10.5 Å². The zero-order valence-corrected chi connectivity index (χ0v) is 15.4. The van der Waals surface area contributed by atoms with Crippen molar-refractivity contribution >= 4 is 11.7 Å². The molecule has 0 aliphatic carbocycles. The van der Waals surface area contributed by atoms with Gasteiger partial charge in [-0.3, -0.25) is 0 Å². The minimum Gasteiger partial charge on any atom is -0.329 e. The summed E-state index contributed by atoms with van der Waals surface area (Å²) in [6, 6.07) is 26.1. The second-order valence-electron chi connectivity index (χ2n) is 7.02. The summed E-state index contributed by atoms with van der Waals surface area (Å²) in [4.78, 5) is 12.4. The molecule has 132 valence electrons. The summed E-state index contributed by atoms with van der Waals surface area (Å²) in [5.41, 5.74) is 4.79. The summed E-state index contributed by atoms with van der Waals surface area (Å²) in [5.74, 6) is 0. The average molecular weight is 344 g/mol. The Morgan fingerprint density at radius 2 is 1.46 bits per heavy atom. The number of anilines is 1. The summed E-state index contributed by atoms with van der Waals surface area (Å²) in [6.07, 6.45) is 0. The van der Waals surface area contributed by atoms with E-state index in [0.29, 0.717) is 0 Å². The number of amides is 2. The maximum atomic E-state index is 12.4. The number of hydrogen-bond donors (Lipinski definition) is 2. The van der Waals surface area contributed by atoms with Gasteiger partial charge in [0.25, 0.3) is 0 Å². The minimum absolute atomic E-state index is 0.219. The molecule has 3 nitrogen and oxygen atoms in total. The third kappa shape index (κ3) is 4.31. The number of carbonyl (C=O) groups excluding carboxylic acids is 1. The van der Waals surface area contributed by atoms with Crippen molar-refractivity contribution in [3.05, 3.63) is 90.0 Å². The molecule has 0 radical (unpaired) electrons. The van der Waals surface area contributed by atoms with Crippen LogP contribution in [0.25, 0.3) is 11.1 Å². The van der Waals surface area contributed by atoms with Crippen LogP contribution in [-0.2, 0) is 5.54 Å². The second kappa shape index (κ2) is 7.44. The van der Waals surface area contributed by atoms with Crippen LogP contribution in [0, 0.1) is 6.92 Å². The number of nitrogens with one attached hydrogen (secondary N) is 2. The molecular weight excluding hydrogens is 320 g/mol. The van der Waals surface area contributed by atoms with E-state index in [1.807, 2.05) is 75.4 Å². The van der Waals surface area contributed by atoms with Gasteiger partial charge in [0.15, 0.2) is 0 Å². The van der Waals surface area contributed by atoms with Crippen molar-refractivity contribution in [3.8, 4) is 11.1 Å². The van der Waals surface area contributed by atoms with Gasteiger partial charge in [0.2, 0.25) is 0 Å². The molecular formula is C23H24N2O. The quantitative estimate of drug-likeness (QED) is 0.624. The fourth-order valence-corrected chi connectivity index (χ4v) is 2.87. The van der Waals surface area contributed by atoms with Crippen LogP contribution < -0.4 is 10.6 Å². The molecule has 3 aromatic carbocycles. The molecule has 0 saturated heterocycles. The van der Waals surface area contributed by atoms with Gasteiger partial charge in [0.1, 0.15) is 0 Å². The highest BCUT2D eigenvalue weighted by Gasteiger charge is 2.23. The molecule has 3 rings (SSSR count). The molecule has 3 aromatic rings. The molecule has 2 amide bonds. The number of hydrogen-bond acceptors (Lipinski definition) is 1. The first-order valence-corrected chi connectivity index (χ1v) is 8.76. The topological polar surface area (TPSA) is 41.1 Å². The molecule has 0 aliphatic heterocycles. The number of carbonyl (C=O) groups is 1. The fraction of sp³-hybridized carbons (Fsp3) is 0.174. The predicted octanol–water partition coefficient (Wildman–Crippen LogP) is 5.72. The first-order chi connectivity index (χ1) is 12.4. The summed E-state index contributed by atoms with van der Waals surface area (Å²) >= 11 is 0. The summed E-state index contributed by atoms with van der Waals surface area (Å²) in [6.45, 7) is 6.03. The molecule has 0 fully saturated rings. The lowest BCUT2D eigenvalue weighted by molar-refractivity contribution is 0.242. The number of benzene rings is 3. The van der Waals surface area contributed by atoms with Crippen LogP contribution >= 0.6 is 0 Å². The van der Waals surface area contributed by atoms with Crippen LogP contribution in [0.5, 0.6) is 0 Å². The zero-order chi connectivity index (χ0) is 18.6. The zero-order valence-electron chi connectivity index (χ0n) is 15.4. The highest BCUT2D eigenvalue weighted by atomic mass is 16.2. The van der Waals surface area contributed by atoms with E-state index >= 15 is 0 Å². The molecule has 0 aliphatic rings. The molecule has 26 heavy (non-hydrogen) atoms. The van der Waals surface area contributed by atoms with E-state index in [9.17, 15) is 4.79 Å². The molecule has 0 bridgehead atoms. The van der Waals surface area contributed by atoms with Crippen molar-refractivity contribution in [2.75, 3.05) is 5.32 Å². The van der Waals surface area contributed by atoms with E-state index in [-0.39, 0.29) is 6.03 Å². The Morgan fingerprint density at radius 1 is 0.808 bits per heavy atom. The standard InChI is InChI=1S/C23H24N2O/c1-17-12-14-21(15-13-17)24-22(26)25-23(2,3)20-11-7-10-19(16-20)18-8-5-4-6-9-18/h4-16H,1-3H3,(H2,24,25,26). The predicted molar refractivity (Wildman–Crippen MR) is 108 cm³/mol. The van der Waals surface area contributed by atoms with Gasteiger partial charge in [0, 0.05) is 5.69 Å². The monoisotopic (exact) mass is 344 g/mol. The number of urea groups is 1. The van der Waals surface area contributed by atoms with Gasteiger partial charge in [-0.25, -0.2) is 4.79 Å². The van der Waals surface area contributed by atoms with E-state index < -0.39 is 5.54 Å². The maximum Gasteiger partial charge on any atom is 0.319 e. The maximum absolute atomic E-state index is 12.4. The normalized spacial score (nSPS) is 11.0. The Kier molecular flexibility index (Phi) is 5.08. The Hall–Kier alpha value is -3.07. The minimum atomic E-state index is -0.500.